The number of halogens is 1. The van der Waals surface area contributed by atoms with E-state index in [1.165, 1.54) is 26.1 Å². The molecule has 2 atom stereocenters. The summed E-state index contributed by atoms with van der Waals surface area (Å²) in [5.74, 6) is 1.71. The Morgan fingerprint density at radius 3 is 2.58 bits per heavy atom. The third-order valence-corrected chi connectivity index (χ3v) is 4.90. The highest BCUT2D eigenvalue weighted by Crippen LogP contribution is 2.14. The number of ether oxygens (including phenoxy) is 1. The number of likely N-dealkylation sites (tertiary alicyclic amines) is 1. The Morgan fingerprint density at radius 2 is 1.96 bits per heavy atom. The fourth-order valence-corrected chi connectivity index (χ4v) is 3.31. The highest BCUT2D eigenvalue weighted by Gasteiger charge is 2.21. The van der Waals surface area contributed by atoms with Crippen LogP contribution in [0.25, 0.3) is 0 Å². The van der Waals surface area contributed by atoms with Crippen LogP contribution in [0, 0.1) is 5.92 Å². The smallest absolute Gasteiger partial charge is 0.191 e. The Kier molecular flexibility index (Phi) is 11.2. The van der Waals surface area contributed by atoms with Crippen molar-refractivity contribution in [2.24, 2.45) is 10.9 Å². The summed E-state index contributed by atoms with van der Waals surface area (Å²) in [6, 6.07) is 0.469. The fourth-order valence-electron chi connectivity index (χ4n) is 3.31. The zero-order valence-electron chi connectivity index (χ0n) is 15.6. The molecule has 0 aromatic carbocycles. The third kappa shape index (κ3) is 7.41. The summed E-state index contributed by atoms with van der Waals surface area (Å²) in [7, 11) is 0. The first kappa shape index (κ1) is 21.9. The molecule has 2 fully saturated rings. The highest BCUT2D eigenvalue weighted by molar-refractivity contribution is 14.0. The molecule has 2 N–H and O–H groups in total. The van der Waals surface area contributed by atoms with Crippen LogP contribution in [0.15, 0.2) is 4.99 Å². The van der Waals surface area contributed by atoms with E-state index < -0.39 is 0 Å². The van der Waals surface area contributed by atoms with E-state index in [4.69, 9.17) is 9.73 Å². The SMILES string of the molecule is CCNC(=NCC(C)N1CCOCC1)NCC1CCN(CC)C1.I. The van der Waals surface area contributed by atoms with E-state index >= 15 is 0 Å². The maximum Gasteiger partial charge on any atom is 0.191 e. The van der Waals surface area contributed by atoms with E-state index in [-0.39, 0.29) is 24.0 Å². The van der Waals surface area contributed by atoms with E-state index in [1.54, 1.807) is 0 Å². The summed E-state index contributed by atoms with van der Waals surface area (Å²) < 4.78 is 5.42. The van der Waals surface area contributed by atoms with Crippen molar-refractivity contribution in [3.63, 3.8) is 0 Å². The third-order valence-electron chi connectivity index (χ3n) is 4.90. The van der Waals surface area contributed by atoms with Gasteiger partial charge in [-0.1, -0.05) is 6.92 Å². The summed E-state index contributed by atoms with van der Waals surface area (Å²) in [6.45, 7) is 16.8. The van der Waals surface area contributed by atoms with Gasteiger partial charge in [0.2, 0.25) is 0 Å². The van der Waals surface area contributed by atoms with Crippen molar-refractivity contribution in [3.8, 4) is 0 Å². The van der Waals surface area contributed by atoms with Crippen LogP contribution < -0.4 is 10.6 Å². The molecule has 0 aliphatic carbocycles. The second kappa shape index (κ2) is 12.3. The van der Waals surface area contributed by atoms with Crippen LogP contribution >= 0.6 is 24.0 Å². The normalized spacial score (nSPS) is 24.5. The molecule has 24 heavy (non-hydrogen) atoms. The Morgan fingerprint density at radius 1 is 1.21 bits per heavy atom. The minimum atomic E-state index is 0. The fraction of sp³-hybridized carbons (Fsp3) is 0.941. The molecule has 0 saturated carbocycles. The van der Waals surface area contributed by atoms with Crippen molar-refractivity contribution >= 4 is 29.9 Å². The van der Waals surface area contributed by atoms with Crippen LogP contribution in [0.4, 0.5) is 0 Å². The van der Waals surface area contributed by atoms with Gasteiger partial charge in [-0.05, 0) is 39.3 Å². The minimum absolute atomic E-state index is 0. The molecule has 0 bridgehead atoms. The zero-order chi connectivity index (χ0) is 16.5. The van der Waals surface area contributed by atoms with Gasteiger partial charge in [0, 0.05) is 38.8 Å². The Bertz CT molecular complexity index is 363. The number of nitrogens with one attached hydrogen (secondary N) is 2. The van der Waals surface area contributed by atoms with E-state index in [0.717, 1.165) is 57.8 Å². The van der Waals surface area contributed by atoms with Crippen LogP contribution in [0.5, 0.6) is 0 Å². The molecule has 6 nitrogen and oxygen atoms in total. The Labute approximate surface area is 164 Å². The number of rotatable bonds is 7. The van der Waals surface area contributed by atoms with Gasteiger partial charge in [-0.15, -0.1) is 24.0 Å². The zero-order valence-corrected chi connectivity index (χ0v) is 17.9. The van der Waals surface area contributed by atoms with Gasteiger partial charge in [0.25, 0.3) is 0 Å². The average molecular weight is 453 g/mol. The summed E-state index contributed by atoms with van der Waals surface area (Å²) in [6.07, 6.45) is 1.30. The van der Waals surface area contributed by atoms with Crippen LogP contribution in [0.2, 0.25) is 0 Å². The first-order valence-electron chi connectivity index (χ1n) is 9.29. The largest absolute Gasteiger partial charge is 0.379 e. The van der Waals surface area contributed by atoms with E-state index in [0.29, 0.717) is 6.04 Å². The first-order chi connectivity index (χ1) is 11.2. The van der Waals surface area contributed by atoms with E-state index in [9.17, 15) is 0 Å². The van der Waals surface area contributed by atoms with Crippen LogP contribution in [-0.2, 0) is 4.74 Å². The molecule has 0 amide bonds. The Hall–Kier alpha value is -0.120. The lowest BCUT2D eigenvalue weighted by Gasteiger charge is -2.31. The second-order valence-corrected chi connectivity index (χ2v) is 6.65. The minimum Gasteiger partial charge on any atom is -0.379 e. The van der Waals surface area contributed by atoms with Gasteiger partial charge in [0.1, 0.15) is 0 Å². The number of aliphatic imine (C=N–C) groups is 1. The molecule has 2 aliphatic rings. The van der Waals surface area contributed by atoms with Gasteiger partial charge >= 0.3 is 0 Å². The van der Waals surface area contributed by atoms with Gasteiger partial charge in [-0.25, -0.2) is 0 Å². The van der Waals surface area contributed by atoms with Crippen LogP contribution in [0.3, 0.4) is 0 Å². The molecular formula is C17H36IN5O. The van der Waals surface area contributed by atoms with Gasteiger partial charge in [0.15, 0.2) is 5.96 Å². The number of guanidine groups is 1. The standard InChI is InChI=1S/C17H35N5O.HI/c1-4-18-17(20-13-16-6-7-21(5-2)14-16)19-12-15(3)22-8-10-23-11-9-22;/h15-16H,4-14H2,1-3H3,(H2,18,19,20);1H. The summed E-state index contributed by atoms with van der Waals surface area (Å²) in [4.78, 5) is 9.78. The highest BCUT2D eigenvalue weighted by atomic mass is 127. The molecule has 2 aliphatic heterocycles. The summed E-state index contributed by atoms with van der Waals surface area (Å²) >= 11 is 0. The lowest BCUT2D eigenvalue weighted by Crippen LogP contribution is -2.45. The van der Waals surface area contributed by atoms with E-state index in [1.807, 2.05) is 0 Å². The molecule has 142 valence electrons. The number of nitrogens with zero attached hydrogens (tertiary/aromatic N) is 3. The van der Waals surface area contributed by atoms with Gasteiger partial charge in [0.05, 0.1) is 19.8 Å². The molecule has 0 spiro atoms. The molecule has 2 rings (SSSR count). The topological polar surface area (TPSA) is 52.1 Å². The maximum absolute atomic E-state index is 5.42. The number of hydrogen-bond acceptors (Lipinski definition) is 4. The van der Waals surface area contributed by atoms with Crippen LogP contribution in [-0.4, -0.2) is 87.4 Å². The predicted octanol–water partition coefficient (Wildman–Crippen LogP) is 1.22. The van der Waals surface area contributed by atoms with Crippen molar-refractivity contribution in [1.82, 2.24) is 20.4 Å². The van der Waals surface area contributed by atoms with Crippen molar-refractivity contribution in [1.29, 1.82) is 0 Å². The lowest BCUT2D eigenvalue weighted by molar-refractivity contribution is 0.0220. The summed E-state index contributed by atoms with van der Waals surface area (Å²) in [5, 5.41) is 6.91. The first-order valence-corrected chi connectivity index (χ1v) is 9.29. The molecule has 2 saturated heterocycles. The number of morpholine rings is 1. The lowest BCUT2D eigenvalue weighted by atomic mass is 10.1. The molecule has 0 radical (unpaired) electrons. The van der Waals surface area contributed by atoms with Gasteiger partial charge in [-0.2, -0.15) is 0 Å². The molecule has 0 aromatic heterocycles. The number of hydrogen-bond donors (Lipinski definition) is 2. The quantitative estimate of drug-likeness (QED) is 0.345. The summed E-state index contributed by atoms with van der Waals surface area (Å²) in [5.41, 5.74) is 0. The van der Waals surface area contributed by atoms with Crippen molar-refractivity contribution in [2.45, 2.75) is 33.2 Å². The van der Waals surface area contributed by atoms with E-state index in [2.05, 4.69) is 41.2 Å². The molecule has 7 heteroatoms. The van der Waals surface area contributed by atoms with Crippen LogP contribution in [0.1, 0.15) is 27.2 Å². The van der Waals surface area contributed by atoms with Crippen molar-refractivity contribution < 1.29 is 4.74 Å². The molecule has 0 aromatic rings. The van der Waals surface area contributed by atoms with Crippen molar-refractivity contribution in [3.05, 3.63) is 0 Å². The molecule has 2 heterocycles. The van der Waals surface area contributed by atoms with Crippen molar-refractivity contribution in [2.75, 3.05) is 65.6 Å². The maximum atomic E-state index is 5.42. The monoisotopic (exact) mass is 453 g/mol. The predicted molar refractivity (Wildman–Crippen MR) is 111 cm³/mol. The molecule has 2 unspecified atom stereocenters. The Balaban J connectivity index is 0.00000288. The average Bonchev–Trinajstić information content (AvgIpc) is 3.06. The van der Waals surface area contributed by atoms with Gasteiger partial charge < -0.3 is 20.3 Å². The second-order valence-electron chi connectivity index (χ2n) is 6.65. The molecular weight excluding hydrogens is 417 g/mol. The van der Waals surface area contributed by atoms with Gasteiger partial charge in [-0.3, -0.25) is 9.89 Å².